The lowest BCUT2D eigenvalue weighted by Gasteiger charge is -2.18. The molecule has 24 heavy (non-hydrogen) atoms. The smallest absolute Gasteiger partial charge is 0.269 e. The minimum Gasteiger partial charge on any atom is -0.387 e. The molecule has 126 valence electrons. The van der Waals surface area contributed by atoms with Crippen LogP contribution in [0.4, 0.5) is 5.69 Å². The van der Waals surface area contributed by atoms with Crippen LogP contribution in [0.2, 0.25) is 0 Å². The minimum atomic E-state index is -0.711. The highest BCUT2D eigenvalue weighted by atomic mass is 35.5. The summed E-state index contributed by atoms with van der Waals surface area (Å²) in [6.45, 7) is 0. The molecule has 0 aliphatic heterocycles. The van der Waals surface area contributed by atoms with Crippen LogP contribution in [0.1, 0.15) is 30.1 Å². The highest BCUT2D eigenvalue weighted by molar-refractivity contribution is 5.85. The van der Waals surface area contributed by atoms with Gasteiger partial charge in [0.2, 0.25) is 0 Å². The van der Waals surface area contributed by atoms with Crippen molar-refractivity contribution < 1.29 is 10.0 Å². The third-order valence-corrected chi connectivity index (χ3v) is 3.46. The van der Waals surface area contributed by atoms with E-state index in [0.29, 0.717) is 18.4 Å². The van der Waals surface area contributed by atoms with Crippen molar-refractivity contribution in [1.82, 2.24) is 0 Å². The number of nitro groups is 1. The summed E-state index contributed by atoms with van der Waals surface area (Å²) in [6.07, 6.45) is 0.398. The molecule has 0 aromatic heterocycles. The fourth-order valence-electron chi connectivity index (χ4n) is 2.13. The number of nitro benzene ring substituents is 1. The maximum absolute atomic E-state index is 10.6. The average Bonchev–Trinajstić information content (AvgIpc) is 2.59. The van der Waals surface area contributed by atoms with Gasteiger partial charge in [-0.3, -0.25) is 10.1 Å². The zero-order chi connectivity index (χ0) is 16.7. The molecule has 2 aromatic carbocycles. The number of nitrogens with zero attached hydrogens (tertiary/aromatic N) is 1. The van der Waals surface area contributed by atoms with Crippen molar-refractivity contribution in [1.29, 1.82) is 0 Å². The summed E-state index contributed by atoms with van der Waals surface area (Å²) in [4.78, 5) is 10.1. The summed E-state index contributed by atoms with van der Waals surface area (Å²) in [7, 11) is 0. The Balaban J connectivity index is 0.00000288. The first-order chi connectivity index (χ1) is 11.1. The monoisotopic (exact) mass is 346 g/mol. The summed E-state index contributed by atoms with van der Waals surface area (Å²) in [5.74, 6) is 5.91. The lowest BCUT2D eigenvalue weighted by atomic mass is 9.99. The predicted molar refractivity (Wildman–Crippen MR) is 95.8 cm³/mol. The summed E-state index contributed by atoms with van der Waals surface area (Å²) >= 11 is 0. The molecule has 2 atom stereocenters. The van der Waals surface area contributed by atoms with Crippen LogP contribution in [-0.4, -0.2) is 16.1 Å². The first-order valence-corrected chi connectivity index (χ1v) is 7.30. The van der Waals surface area contributed by atoms with Gasteiger partial charge < -0.3 is 10.8 Å². The number of hydrogen-bond acceptors (Lipinski definition) is 4. The van der Waals surface area contributed by atoms with Gasteiger partial charge in [0.1, 0.15) is 0 Å². The zero-order valence-corrected chi connectivity index (χ0v) is 13.8. The molecule has 5 nitrogen and oxygen atoms in total. The molecule has 0 saturated carbocycles. The quantitative estimate of drug-likeness (QED) is 0.494. The molecule has 2 rings (SSSR count). The Kier molecular flexibility index (Phi) is 7.93. The second kappa shape index (κ2) is 9.68. The van der Waals surface area contributed by atoms with Gasteiger partial charge in [0, 0.05) is 30.2 Å². The van der Waals surface area contributed by atoms with Crippen LogP contribution in [-0.2, 0) is 0 Å². The van der Waals surface area contributed by atoms with E-state index in [9.17, 15) is 15.2 Å². The molecule has 0 amide bonds. The second-order valence-electron chi connectivity index (χ2n) is 5.16. The van der Waals surface area contributed by atoms with E-state index in [-0.39, 0.29) is 24.1 Å². The van der Waals surface area contributed by atoms with Crippen LogP contribution in [0, 0.1) is 22.0 Å². The third-order valence-electron chi connectivity index (χ3n) is 3.46. The van der Waals surface area contributed by atoms with Gasteiger partial charge in [-0.15, -0.1) is 12.4 Å². The Morgan fingerprint density at radius 2 is 1.75 bits per heavy atom. The van der Waals surface area contributed by atoms with Crippen LogP contribution >= 0.6 is 12.4 Å². The summed E-state index contributed by atoms with van der Waals surface area (Å²) < 4.78 is 0. The van der Waals surface area contributed by atoms with Gasteiger partial charge in [0.25, 0.3) is 5.69 Å². The van der Waals surface area contributed by atoms with E-state index in [0.717, 1.165) is 5.56 Å². The Hall–Kier alpha value is -2.39. The van der Waals surface area contributed by atoms with Crippen molar-refractivity contribution in [3.05, 3.63) is 75.8 Å². The van der Waals surface area contributed by atoms with Gasteiger partial charge in [-0.1, -0.05) is 42.2 Å². The molecule has 2 aromatic rings. The standard InChI is InChI=1S/C18H18N2O3.ClH/c19-17(18(21)15-7-2-1-3-8-15)9-5-4-6-14-10-12-16(13-11-14)20(22)23;/h1-3,7-8,10-13,17-18,21H,5,9,19H2;1H/t17-,18+;/m0./s1. The van der Waals surface area contributed by atoms with Gasteiger partial charge >= 0.3 is 0 Å². The van der Waals surface area contributed by atoms with E-state index in [1.54, 1.807) is 12.1 Å². The van der Waals surface area contributed by atoms with Crippen LogP contribution in [0.3, 0.4) is 0 Å². The third kappa shape index (κ3) is 5.67. The van der Waals surface area contributed by atoms with Crippen molar-refractivity contribution in [3.8, 4) is 11.8 Å². The number of hydrogen-bond donors (Lipinski definition) is 2. The number of halogens is 1. The first-order valence-electron chi connectivity index (χ1n) is 7.30. The fraction of sp³-hybridized carbons (Fsp3) is 0.222. The molecule has 0 bridgehead atoms. The zero-order valence-electron chi connectivity index (χ0n) is 13.0. The highest BCUT2D eigenvalue weighted by Gasteiger charge is 2.15. The van der Waals surface area contributed by atoms with Crippen LogP contribution in [0.25, 0.3) is 0 Å². The first kappa shape index (κ1) is 19.7. The second-order valence-corrected chi connectivity index (χ2v) is 5.16. The Morgan fingerprint density at radius 3 is 2.33 bits per heavy atom. The normalized spacial score (nSPS) is 12.2. The largest absolute Gasteiger partial charge is 0.387 e. The summed E-state index contributed by atoms with van der Waals surface area (Å²) in [5.41, 5.74) is 7.54. The molecule has 0 heterocycles. The van der Waals surface area contributed by atoms with Gasteiger partial charge in [-0.2, -0.15) is 0 Å². The Bertz CT molecular complexity index is 709. The van der Waals surface area contributed by atoms with Crippen molar-refractivity contribution in [2.45, 2.75) is 25.0 Å². The number of non-ortho nitro benzene ring substituents is 1. The summed E-state index contributed by atoms with van der Waals surface area (Å²) in [5, 5.41) is 20.7. The lowest BCUT2D eigenvalue weighted by Crippen LogP contribution is -2.28. The average molecular weight is 347 g/mol. The fourth-order valence-corrected chi connectivity index (χ4v) is 2.13. The highest BCUT2D eigenvalue weighted by Crippen LogP contribution is 2.17. The van der Waals surface area contributed by atoms with E-state index < -0.39 is 11.0 Å². The SMILES string of the molecule is Cl.N[C@@H](CCC#Cc1ccc([N+](=O)[O-])cc1)[C@H](O)c1ccccc1. The predicted octanol–water partition coefficient (Wildman–Crippen LogP) is 3.21. The maximum Gasteiger partial charge on any atom is 0.269 e. The molecule has 0 fully saturated rings. The van der Waals surface area contributed by atoms with Crippen LogP contribution in [0.5, 0.6) is 0 Å². The molecule has 3 N–H and O–H groups in total. The number of aliphatic hydroxyl groups is 1. The van der Waals surface area contributed by atoms with E-state index in [2.05, 4.69) is 11.8 Å². The number of benzene rings is 2. The van der Waals surface area contributed by atoms with Gasteiger partial charge in [0.05, 0.1) is 11.0 Å². The van der Waals surface area contributed by atoms with Crippen LogP contribution in [0.15, 0.2) is 54.6 Å². The van der Waals surface area contributed by atoms with Crippen molar-refractivity contribution in [2.75, 3.05) is 0 Å². The number of aliphatic hydroxyl groups excluding tert-OH is 1. The molecule has 0 unspecified atom stereocenters. The number of rotatable bonds is 5. The van der Waals surface area contributed by atoms with Crippen molar-refractivity contribution in [3.63, 3.8) is 0 Å². The number of nitrogens with two attached hydrogens (primary N) is 1. The van der Waals surface area contributed by atoms with E-state index >= 15 is 0 Å². The maximum atomic E-state index is 10.6. The molecular formula is C18H19ClN2O3. The van der Waals surface area contributed by atoms with Crippen molar-refractivity contribution >= 4 is 18.1 Å². The molecule has 0 saturated heterocycles. The van der Waals surface area contributed by atoms with Gasteiger partial charge in [-0.25, -0.2) is 0 Å². The van der Waals surface area contributed by atoms with E-state index in [4.69, 9.17) is 5.73 Å². The Morgan fingerprint density at radius 1 is 1.12 bits per heavy atom. The topological polar surface area (TPSA) is 89.4 Å². The molecule has 0 radical (unpaired) electrons. The van der Waals surface area contributed by atoms with E-state index in [1.807, 2.05) is 30.3 Å². The summed E-state index contributed by atoms with van der Waals surface area (Å²) in [6, 6.07) is 15.0. The Labute approximate surface area is 147 Å². The molecule has 0 aliphatic carbocycles. The molecular weight excluding hydrogens is 328 g/mol. The van der Waals surface area contributed by atoms with Crippen molar-refractivity contribution in [2.24, 2.45) is 5.73 Å². The van der Waals surface area contributed by atoms with Crippen LogP contribution < -0.4 is 5.73 Å². The van der Waals surface area contributed by atoms with Gasteiger partial charge in [-0.05, 0) is 24.1 Å². The minimum absolute atomic E-state index is 0. The lowest BCUT2D eigenvalue weighted by molar-refractivity contribution is -0.384. The molecule has 0 aliphatic rings. The van der Waals surface area contributed by atoms with E-state index in [1.165, 1.54) is 12.1 Å². The molecule has 6 heteroatoms. The molecule has 0 spiro atoms. The van der Waals surface area contributed by atoms with Gasteiger partial charge in [0.15, 0.2) is 0 Å².